The molecule has 0 amide bonds. The van der Waals surface area contributed by atoms with Crippen molar-refractivity contribution in [2.24, 2.45) is 0 Å². The fourth-order valence-electron chi connectivity index (χ4n) is 5.51. The summed E-state index contributed by atoms with van der Waals surface area (Å²) in [5.74, 6) is 0.238. The van der Waals surface area contributed by atoms with Gasteiger partial charge in [0.2, 0.25) is 0 Å². The summed E-state index contributed by atoms with van der Waals surface area (Å²) in [7, 11) is 0. The molecule has 4 nitrogen and oxygen atoms in total. The molecule has 2 aromatic rings. The summed E-state index contributed by atoms with van der Waals surface area (Å²) in [6.45, 7) is 8.86. The van der Waals surface area contributed by atoms with Gasteiger partial charge in [0, 0.05) is 5.41 Å². The van der Waals surface area contributed by atoms with Crippen LogP contribution in [0.1, 0.15) is 62.8 Å². The van der Waals surface area contributed by atoms with Gasteiger partial charge in [-0.15, -0.1) is 0 Å². The van der Waals surface area contributed by atoms with Gasteiger partial charge >= 0.3 is 0 Å². The van der Waals surface area contributed by atoms with E-state index in [-0.39, 0.29) is 27.7 Å². The van der Waals surface area contributed by atoms with Crippen LogP contribution >= 0.6 is 0 Å². The Hall–Kier alpha value is -2.36. The number of aromatic hydroxyl groups is 2. The molecule has 1 atom stereocenters. The van der Waals surface area contributed by atoms with Gasteiger partial charge in [0.25, 0.3) is 0 Å². The highest BCUT2D eigenvalue weighted by atomic mass is 16.3. The van der Waals surface area contributed by atoms with Gasteiger partial charge in [-0.25, -0.2) is 0 Å². The molecular weight excluding hydrogens is 312 g/mol. The molecule has 2 aliphatic rings. The molecule has 0 aliphatic heterocycles. The zero-order chi connectivity index (χ0) is 18.4. The fourth-order valence-corrected chi connectivity index (χ4v) is 5.51. The normalized spacial score (nSPS) is 25.1. The summed E-state index contributed by atoms with van der Waals surface area (Å²) in [4.78, 5) is 0. The van der Waals surface area contributed by atoms with Crippen LogP contribution in [0.5, 0.6) is 11.5 Å². The summed E-state index contributed by atoms with van der Waals surface area (Å²) in [5.41, 5.74) is 17.2. The second kappa shape index (κ2) is 4.43. The molecule has 0 radical (unpaired) electrons. The molecule has 0 saturated carbocycles. The van der Waals surface area contributed by atoms with Crippen LogP contribution in [-0.2, 0) is 16.2 Å². The van der Waals surface area contributed by atoms with Crippen molar-refractivity contribution in [2.75, 3.05) is 11.5 Å². The van der Waals surface area contributed by atoms with Gasteiger partial charge in [0.05, 0.1) is 11.4 Å². The summed E-state index contributed by atoms with van der Waals surface area (Å²) in [6.07, 6.45) is 1.77. The highest BCUT2D eigenvalue weighted by Gasteiger charge is 2.57. The molecular formula is C21H26N2O2. The predicted octanol–water partition coefficient (Wildman–Crippen LogP) is 3.91. The Bertz CT molecular complexity index is 915. The van der Waals surface area contributed by atoms with Gasteiger partial charge in [0.15, 0.2) is 0 Å². The van der Waals surface area contributed by atoms with Crippen molar-refractivity contribution in [3.8, 4) is 11.5 Å². The van der Waals surface area contributed by atoms with Crippen molar-refractivity contribution in [2.45, 2.75) is 56.8 Å². The van der Waals surface area contributed by atoms with E-state index in [2.05, 4.69) is 27.7 Å². The fraction of sp³-hybridized carbons (Fsp3) is 0.429. The van der Waals surface area contributed by atoms with E-state index in [0.717, 1.165) is 29.5 Å². The molecule has 0 aromatic heterocycles. The summed E-state index contributed by atoms with van der Waals surface area (Å²) in [6, 6.07) is 7.41. The first-order valence-corrected chi connectivity index (χ1v) is 8.75. The van der Waals surface area contributed by atoms with Gasteiger partial charge < -0.3 is 21.7 Å². The smallest absolute Gasteiger partial charge is 0.138 e. The standard InChI is InChI=1S/C21H26N2O2/c1-19(2)9-21(17-11(19)5-6-15(24)18(17)23)10-20(3,4)12-7-14(22)16(25)8-13(12)21/h5-8,24-25H,9-10,22-23H2,1-4H3. The molecule has 25 heavy (non-hydrogen) atoms. The minimum atomic E-state index is -0.314. The number of nitrogen functional groups attached to an aromatic ring is 2. The number of hydrogen-bond acceptors (Lipinski definition) is 4. The first-order valence-electron chi connectivity index (χ1n) is 8.75. The Kier molecular flexibility index (Phi) is 2.85. The molecule has 0 saturated heterocycles. The van der Waals surface area contributed by atoms with Crippen molar-refractivity contribution in [1.82, 2.24) is 0 Å². The number of phenolic OH excluding ortho intramolecular Hbond substituents is 2. The minimum absolute atomic E-state index is 0.0636. The molecule has 6 N–H and O–H groups in total. The van der Waals surface area contributed by atoms with Gasteiger partial charge in [-0.3, -0.25) is 0 Å². The van der Waals surface area contributed by atoms with Gasteiger partial charge in [-0.05, 0) is 64.1 Å². The average molecular weight is 338 g/mol. The minimum Gasteiger partial charge on any atom is -0.506 e. The number of rotatable bonds is 0. The number of nitrogens with two attached hydrogens (primary N) is 2. The summed E-state index contributed by atoms with van der Waals surface area (Å²) < 4.78 is 0. The predicted molar refractivity (Wildman–Crippen MR) is 101 cm³/mol. The van der Waals surface area contributed by atoms with Crippen LogP contribution in [0.4, 0.5) is 11.4 Å². The maximum atomic E-state index is 10.3. The molecule has 0 bridgehead atoms. The first-order chi connectivity index (χ1) is 11.5. The van der Waals surface area contributed by atoms with Crippen LogP contribution in [0.15, 0.2) is 24.3 Å². The van der Waals surface area contributed by atoms with E-state index in [4.69, 9.17) is 11.5 Å². The monoisotopic (exact) mass is 338 g/mol. The number of benzene rings is 2. The highest BCUT2D eigenvalue weighted by Crippen LogP contribution is 2.65. The third-order valence-electron chi connectivity index (χ3n) is 6.33. The van der Waals surface area contributed by atoms with E-state index < -0.39 is 0 Å². The summed E-state index contributed by atoms with van der Waals surface area (Å²) >= 11 is 0. The lowest BCUT2D eigenvalue weighted by Gasteiger charge is -2.31. The Morgan fingerprint density at radius 3 is 2.04 bits per heavy atom. The van der Waals surface area contributed by atoms with Gasteiger partial charge in [0.1, 0.15) is 11.5 Å². The lowest BCUT2D eigenvalue weighted by atomic mass is 9.72. The summed E-state index contributed by atoms with van der Waals surface area (Å²) in [5, 5.41) is 20.6. The van der Waals surface area contributed by atoms with Crippen LogP contribution in [0.3, 0.4) is 0 Å². The molecule has 132 valence electrons. The van der Waals surface area contributed by atoms with E-state index in [1.807, 2.05) is 18.2 Å². The van der Waals surface area contributed by atoms with Gasteiger partial charge in [-0.1, -0.05) is 33.8 Å². The second-order valence-corrected chi connectivity index (χ2v) is 9.08. The Balaban J connectivity index is 2.11. The third kappa shape index (κ3) is 1.88. The molecule has 0 fully saturated rings. The van der Waals surface area contributed by atoms with E-state index in [1.54, 1.807) is 6.07 Å². The van der Waals surface area contributed by atoms with E-state index in [1.165, 1.54) is 5.56 Å². The first kappa shape index (κ1) is 16.1. The zero-order valence-corrected chi connectivity index (χ0v) is 15.3. The van der Waals surface area contributed by atoms with Crippen LogP contribution in [0.2, 0.25) is 0 Å². The Morgan fingerprint density at radius 1 is 0.800 bits per heavy atom. The van der Waals surface area contributed by atoms with Crippen LogP contribution in [0.25, 0.3) is 0 Å². The largest absolute Gasteiger partial charge is 0.506 e. The van der Waals surface area contributed by atoms with E-state index in [9.17, 15) is 10.2 Å². The number of hydrogen-bond donors (Lipinski definition) is 4. The highest BCUT2D eigenvalue weighted by molar-refractivity contribution is 5.73. The van der Waals surface area contributed by atoms with E-state index in [0.29, 0.717) is 11.4 Å². The topological polar surface area (TPSA) is 92.5 Å². The SMILES string of the molecule is CC1(C)CC2(CC(C)(C)c3ccc(O)c(N)c32)c2cc(O)c(N)cc21. The van der Waals surface area contributed by atoms with Crippen molar-refractivity contribution in [3.05, 3.63) is 46.5 Å². The Labute approximate surface area is 148 Å². The average Bonchev–Trinajstić information content (AvgIpc) is 2.84. The molecule has 1 unspecified atom stereocenters. The van der Waals surface area contributed by atoms with Gasteiger partial charge in [-0.2, -0.15) is 0 Å². The van der Waals surface area contributed by atoms with Crippen LogP contribution in [-0.4, -0.2) is 10.2 Å². The van der Waals surface area contributed by atoms with Crippen molar-refractivity contribution in [3.63, 3.8) is 0 Å². The second-order valence-electron chi connectivity index (χ2n) is 9.08. The third-order valence-corrected chi connectivity index (χ3v) is 6.33. The van der Waals surface area contributed by atoms with Crippen LogP contribution in [0, 0.1) is 0 Å². The van der Waals surface area contributed by atoms with Crippen molar-refractivity contribution < 1.29 is 10.2 Å². The van der Waals surface area contributed by atoms with Crippen molar-refractivity contribution in [1.29, 1.82) is 0 Å². The molecule has 1 spiro atoms. The van der Waals surface area contributed by atoms with E-state index >= 15 is 0 Å². The maximum absolute atomic E-state index is 10.3. The maximum Gasteiger partial charge on any atom is 0.138 e. The van der Waals surface area contributed by atoms with Crippen LogP contribution < -0.4 is 11.5 Å². The lowest BCUT2D eigenvalue weighted by Crippen LogP contribution is -2.27. The zero-order valence-electron chi connectivity index (χ0n) is 15.3. The molecule has 4 rings (SSSR count). The molecule has 2 aromatic carbocycles. The number of phenols is 2. The lowest BCUT2D eigenvalue weighted by molar-refractivity contribution is 0.349. The Morgan fingerprint density at radius 2 is 1.40 bits per heavy atom. The molecule has 2 aliphatic carbocycles. The molecule has 0 heterocycles. The number of fused-ring (bicyclic) bond motifs is 4. The van der Waals surface area contributed by atoms with Crippen molar-refractivity contribution >= 4 is 11.4 Å². The molecule has 4 heteroatoms. The number of anilines is 2. The quantitative estimate of drug-likeness (QED) is 0.433.